The minimum absolute atomic E-state index is 0.419. The number of hydrogen-bond acceptors (Lipinski definition) is 4. The Hall–Kier alpha value is -0.160. The molecule has 4 heteroatoms. The van der Waals surface area contributed by atoms with Gasteiger partial charge in [0.25, 0.3) is 0 Å². The summed E-state index contributed by atoms with van der Waals surface area (Å²) in [6.45, 7) is 2.29. The van der Waals surface area contributed by atoms with Gasteiger partial charge in [0.2, 0.25) is 0 Å². The number of benzene rings is 1. The summed E-state index contributed by atoms with van der Waals surface area (Å²) in [7, 11) is 0. The Kier molecular flexibility index (Phi) is 6.57. The molecule has 3 atom stereocenters. The first kappa shape index (κ1) is 15.2. The Bertz CT molecular complexity index is 358. The van der Waals surface area contributed by atoms with Crippen molar-refractivity contribution in [3.8, 4) is 0 Å². The second kappa shape index (κ2) is 8.20. The van der Waals surface area contributed by atoms with Gasteiger partial charge < -0.3 is 0 Å². The number of nitrogens with one attached hydrogen (secondary N) is 1. The Labute approximate surface area is 125 Å². The average Bonchev–Trinajstić information content (AvgIpc) is 2.49. The van der Waals surface area contributed by atoms with Crippen molar-refractivity contribution in [2.24, 2.45) is 5.84 Å². The van der Waals surface area contributed by atoms with Crippen molar-refractivity contribution in [3.63, 3.8) is 0 Å². The van der Waals surface area contributed by atoms with Crippen LogP contribution < -0.4 is 11.3 Å². The highest BCUT2D eigenvalue weighted by atomic mass is 32.2. The number of thioether (sulfide) groups is 2. The second-order valence-corrected chi connectivity index (χ2v) is 7.58. The quantitative estimate of drug-likeness (QED) is 0.625. The number of hydrazine groups is 1. The van der Waals surface area contributed by atoms with E-state index < -0.39 is 0 Å². The second-order valence-electron chi connectivity index (χ2n) is 4.95. The maximum Gasteiger partial charge on any atom is 0.0343 e. The normalized spacial score (nSPS) is 25.2. The fourth-order valence-electron chi connectivity index (χ4n) is 2.62. The van der Waals surface area contributed by atoms with Crippen LogP contribution in [0.15, 0.2) is 30.3 Å². The molecule has 0 spiro atoms. The first-order valence-electron chi connectivity index (χ1n) is 7.08. The number of hydrogen-bond donors (Lipinski definition) is 2. The lowest BCUT2D eigenvalue weighted by molar-refractivity contribution is 0.464. The zero-order chi connectivity index (χ0) is 13.5. The maximum absolute atomic E-state index is 5.81. The van der Waals surface area contributed by atoms with Gasteiger partial charge in [-0.3, -0.25) is 11.3 Å². The Morgan fingerprint density at radius 2 is 2.00 bits per heavy atom. The maximum atomic E-state index is 5.81. The fourth-order valence-corrected chi connectivity index (χ4v) is 5.91. The van der Waals surface area contributed by atoms with Gasteiger partial charge in [0.1, 0.15) is 0 Å². The third-order valence-electron chi connectivity index (χ3n) is 3.69. The molecule has 19 heavy (non-hydrogen) atoms. The van der Waals surface area contributed by atoms with E-state index in [0.717, 1.165) is 18.1 Å². The van der Waals surface area contributed by atoms with Gasteiger partial charge in [-0.25, -0.2) is 0 Å². The molecule has 0 bridgehead atoms. The number of rotatable bonds is 6. The molecule has 3 N–H and O–H groups in total. The summed E-state index contributed by atoms with van der Waals surface area (Å²) in [6.07, 6.45) is 3.47. The molecule has 0 aliphatic carbocycles. The zero-order valence-electron chi connectivity index (χ0n) is 11.5. The highest BCUT2D eigenvalue weighted by Gasteiger charge is 2.31. The molecule has 3 unspecified atom stereocenters. The lowest BCUT2D eigenvalue weighted by atomic mass is 10.0. The molecule has 1 fully saturated rings. The first-order valence-corrected chi connectivity index (χ1v) is 9.18. The topological polar surface area (TPSA) is 38.0 Å². The van der Waals surface area contributed by atoms with E-state index >= 15 is 0 Å². The molecular weight excluding hydrogens is 272 g/mol. The largest absolute Gasteiger partial charge is 0.271 e. The summed E-state index contributed by atoms with van der Waals surface area (Å²) in [5.74, 6) is 8.36. The third-order valence-corrected chi connectivity index (χ3v) is 7.10. The Balaban J connectivity index is 1.91. The molecule has 1 saturated heterocycles. The van der Waals surface area contributed by atoms with Crippen LogP contribution in [-0.4, -0.2) is 28.0 Å². The van der Waals surface area contributed by atoms with Crippen LogP contribution >= 0.6 is 23.5 Å². The van der Waals surface area contributed by atoms with E-state index in [2.05, 4.69) is 66.2 Å². The standard InChI is InChI=1S/C15H24N2S2/c1-2-14-15(19-11-10-18-14)13(17-16)9-8-12-6-4-3-5-7-12/h3-7,13-15,17H,2,8-11,16H2,1H3. The summed E-state index contributed by atoms with van der Waals surface area (Å²) in [4.78, 5) is 0. The Morgan fingerprint density at radius 3 is 2.68 bits per heavy atom. The van der Waals surface area contributed by atoms with Crippen molar-refractivity contribution in [2.75, 3.05) is 11.5 Å². The molecule has 1 aliphatic rings. The molecule has 0 amide bonds. The van der Waals surface area contributed by atoms with Gasteiger partial charge in [-0.1, -0.05) is 37.3 Å². The van der Waals surface area contributed by atoms with E-state index in [1.165, 1.54) is 23.5 Å². The van der Waals surface area contributed by atoms with E-state index in [1.54, 1.807) is 0 Å². The van der Waals surface area contributed by atoms with Gasteiger partial charge in [-0.15, -0.1) is 0 Å². The van der Waals surface area contributed by atoms with Crippen molar-refractivity contribution >= 4 is 23.5 Å². The van der Waals surface area contributed by atoms with E-state index in [0.29, 0.717) is 11.3 Å². The van der Waals surface area contributed by atoms with Crippen LogP contribution in [-0.2, 0) is 6.42 Å². The molecule has 1 aromatic carbocycles. The predicted octanol–water partition coefficient (Wildman–Crippen LogP) is 3.08. The summed E-state index contributed by atoms with van der Waals surface area (Å²) >= 11 is 4.22. The fraction of sp³-hybridized carbons (Fsp3) is 0.600. The summed E-state index contributed by atoms with van der Waals surface area (Å²) in [5.41, 5.74) is 4.48. The van der Waals surface area contributed by atoms with Gasteiger partial charge in [0, 0.05) is 28.0 Å². The molecule has 106 valence electrons. The van der Waals surface area contributed by atoms with Crippen LogP contribution in [0.2, 0.25) is 0 Å². The lowest BCUT2D eigenvalue weighted by Crippen LogP contribution is -2.48. The summed E-state index contributed by atoms with van der Waals surface area (Å²) < 4.78 is 0. The molecule has 1 aromatic rings. The summed E-state index contributed by atoms with van der Waals surface area (Å²) in [5, 5.41) is 1.40. The van der Waals surface area contributed by atoms with Gasteiger partial charge in [-0.05, 0) is 24.8 Å². The van der Waals surface area contributed by atoms with Crippen molar-refractivity contribution in [2.45, 2.75) is 42.7 Å². The monoisotopic (exact) mass is 296 g/mol. The van der Waals surface area contributed by atoms with E-state index in [-0.39, 0.29) is 0 Å². The molecule has 1 heterocycles. The van der Waals surface area contributed by atoms with Crippen molar-refractivity contribution in [3.05, 3.63) is 35.9 Å². The molecule has 0 radical (unpaired) electrons. The minimum Gasteiger partial charge on any atom is -0.271 e. The van der Waals surface area contributed by atoms with Crippen LogP contribution in [0.3, 0.4) is 0 Å². The molecule has 2 nitrogen and oxygen atoms in total. The lowest BCUT2D eigenvalue weighted by Gasteiger charge is -2.35. The van der Waals surface area contributed by atoms with Crippen LogP contribution in [0.4, 0.5) is 0 Å². The molecular formula is C15H24N2S2. The molecule has 0 aromatic heterocycles. The Morgan fingerprint density at radius 1 is 1.26 bits per heavy atom. The average molecular weight is 297 g/mol. The van der Waals surface area contributed by atoms with Crippen LogP contribution in [0.25, 0.3) is 0 Å². The SMILES string of the molecule is CCC1SCCSC1C(CCc1ccccc1)NN. The predicted molar refractivity (Wildman–Crippen MR) is 88.7 cm³/mol. The van der Waals surface area contributed by atoms with Gasteiger partial charge in [-0.2, -0.15) is 23.5 Å². The van der Waals surface area contributed by atoms with Gasteiger partial charge in [0.05, 0.1) is 0 Å². The van der Waals surface area contributed by atoms with Crippen LogP contribution in [0.5, 0.6) is 0 Å². The minimum atomic E-state index is 0.419. The van der Waals surface area contributed by atoms with Crippen molar-refractivity contribution in [1.82, 2.24) is 5.43 Å². The van der Waals surface area contributed by atoms with E-state index in [4.69, 9.17) is 5.84 Å². The van der Waals surface area contributed by atoms with E-state index in [1.807, 2.05) is 0 Å². The number of nitrogens with two attached hydrogens (primary N) is 1. The van der Waals surface area contributed by atoms with Crippen LogP contribution in [0, 0.1) is 0 Å². The van der Waals surface area contributed by atoms with Gasteiger partial charge in [0.15, 0.2) is 0 Å². The molecule has 0 saturated carbocycles. The van der Waals surface area contributed by atoms with Crippen molar-refractivity contribution < 1.29 is 0 Å². The summed E-state index contributed by atoms with van der Waals surface area (Å²) in [6, 6.07) is 11.1. The molecule has 2 rings (SSSR count). The zero-order valence-corrected chi connectivity index (χ0v) is 13.2. The molecule has 1 aliphatic heterocycles. The number of aryl methyl sites for hydroxylation is 1. The van der Waals surface area contributed by atoms with Gasteiger partial charge >= 0.3 is 0 Å². The third kappa shape index (κ3) is 4.42. The highest BCUT2D eigenvalue weighted by molar-refractivity contribution is 8.07. The first-order chi connectivity index (χ1) is 9.35. The van der Waals surface area contributed by atoms with Crippen molar-refractivity contribution in [1.29, 1.82) is 0 Å². The smallest absolute Gasteiger partial charge is 0.0343 e. The van der Waals surface area contributed by atoms with Crippen LogP contribution in [0.1, 0.15) is 25.3 Å². The highest BCUT2D eigenvalue weighted by Crippen LogP contribution is 2.36. The van der Waals surface area contributed by atoms with E-state index in [9.17, 15) is 0 Å².